The van der Waals surface area contributed by atoms with Gasteiger partial charge in [-0.05, 0) is 148 Å². The van der Waals surface area contributed by atoms with Gasteiger partial charge >= 0.3 is 0 Å². The molecule has 0 amide bonds. The first-order valence-corrected chi connectivity index (χ1v) is 21.2. The van der Waals surface area contributed by atoms with Crippen molar-refractivity contribution in [1.82, 2.24) is 4.57 Å². The van der Waals surface area contributed by atoms with E-state index in [0.29, 0.717) is 0 Å². The Balaban J connectivity index is 1.15. The zero-order valence-corrected chi connectivity index (χ0v) is 33.3. The molecular formula is C60H37N. The molecule has 0 bridgehead atoms. The Morgan fingerprint density at radius 3 is 1.28 bits per heavy atom. The van der Waals surface area contributed by atoms with Gasteiger partial charge < -0.3 is 4.57 Å². The summed E-state index contributed by atoms with van der Waals surface area (Å²) >= 11 is 0. The van der Waals surface area contributed by atoms with Crippen LogP contribution in [-0.4, -0.2) is 4.57 Å². The van der Waals surface area contributed by atoms with E-state index in [9.17, 15) is 0 Å². The molecule has 0 unspecified atom stereocenters. The number of para-hydroxylation sites is 2. The summed E-state index contributed by atoms with van der Waals surface area (Å²) in [6.45, 7) is 0. The number of rotatable bonds is 3. The number of nitrogens with zero attached hydrogens (tertiary/aromatic N) is 1. The number of aromatic nitrogens is 1. The van der Waals surface area contributed by atoms with Crippen LogP contribution in [0.3, 0.4) is 0 Å². The highest BCUT2D eigenvalue weighted by atomic mass is 15.0. The number of hydrogen-bond acceptors (Lipinski definition) is 0. The van der Waals surface area contributed by atoms with Crippen LogP contribution in [0.4, 0.5) is 0 Å². The SMILES string of the molecule is c1ccc(-n2c3ccccc3c3cc(-c4cc(-c5ccc6c7ccccc7c7ccccc7c6c5)cc5c4-c4ccccc4-c4ccccc4-c4ccccc4-5)ccc32)cc1. The zero-order valence-electron chi connectivity index (χ0n) is 33.3. The molecule has 61 heavy (non-hydrogen) atoms. The molecule has 1 heteroatoms. The molecular weight excluding hydrogens is 735 g/mol. The number of benzene rings is 11. The van der Waals surface area contributed by atoms with Crippen LogP contribution >= 0.6 is 0 Å². The molecule has 12 aromatic rings. The van der Waals surface area contributed by atoms with E-state index in [4.69, 9.17) is 0 Å². The molecule has 13 rings (SSSR count). The summed E-state index contributed by atoms with van der Waals surface area (Å²) in [5, 5.41) is 10.2. The van der Waals surface area contributed by atoms with E-state index in [1.807, 2.05) is 0 Å². The van der Waals surface area contributed by atoms with Crippen molar-refractivity contribution in [3.8, 4) is 72.4 Å². The van der Waals surface area contributed by atoms with Crippen LogP contribution in [0.15, 0.2) is 224 Å². The summed E-state index contributed by atoms with van der Waals surface area (Å²) in [5.41, 5.74) is 18.3. The smallest absolute Gasteiger partial charge is 0.0541 e. The van der Waals surface area contributed by atoms with Gasteiger partial charge in [-0.2, -0.15) is 0 Å². The fourth-order valence-electron chi connectivity index (χ4n) is 10.5. The first kappa shape index (κ1) is 33.9. The first-order valence-electron chi connectivity index (χ1n) is 21.2. The van der Waals surface area contributed by atoms with Crippen LogP contribution in [0.25, 0.3) is 127 Å². The van der Waals surface area contributed by atoms with Gasteiger partial charge in [-0.15, -0.1) is 0 Å². The number of hydrogen-bond donors (Lipinski definition) is 0. The second-order valence-electron chi connectivity index (χ2n) is 16.4. The molecule has 0 spiro atoms. The first-order chi connectivity index (χ1) is 30.3. The van der Waals surface area contributed by atoms with Crippen molar-refractivity contribution in [3.63, 3.8) is 0 Å². The molecule has 11 aromatic carbocycles. The minimum absolute atomic E-state index is 1.16. The molecule has 0 atom stereocenters. The highest BCUT2D eigenvalue weighted by Crippen LogP contribution is 2.52. The maximum Gasteiger partial charge on any atom is 0.0541 e. The van der Waals surface area contributed by atoms with Gasteiger partial charge in [0.15, 0.2) is 0 Å². The van der Waals surface area contributed by atoms with Gasteiger partial charge in [0.2, 0.25) is 0 Å². The molecule has 0 fully saturated rings. The summed E-state index contributed by atoms with van der Waals surface area (Å²) in [6.07, 6.45) is 0. The molecule has 0 aliphatic heterocycles. The van der Waals surface area contributed by atoms with Crippen LogP contribution in [0.2, 0.25) is 0 Å². The van der Waals surface area contributed by atoms with Crippen molar-refractivity contribution in [2.24, 2.45) is 0 Å². The van der Waals surface area contributed by atoms with Gasteiger partial charge in [0.25, 0.3) is 0 Å². The Labute approximate surface area is 354 Å². The third kappa shape index (κ3) is 5.08. The van der Waals surface area contributed by atoms with Crippen LogP contribution < -0.4 is 0 Å². The lowest BCUT2D eigenvalue weighted by Crippen LogP contribution is -2.00. The Morgan fingerprint density at radius 1 is 0.213 bits per heavy atom. The third-order valence-corrected chi connectivity index (χ3v) is 13.1. The van der Waals surface area contributed by atoms with E-state index < -0.39 is 0 Å². The average molecular weight is 772 g/mol. The maximum absolute atomic E-state index is 2.47. The van der Waals surface area contributed by atoms with Crippen LogP contribution in [-0.2, 0) is 0 Å². The maximum atomic E-state index is 2.47. The van der Waals surface area contributed by atoms with Crippen LogP contribution in [0.1, 0.15) is 0 Å². The fourth-order valence-corrected chi connectivity index (χ4v) is 10.5. The van der Waals surface area contributed by atoms with E-state index in [2.05, 4.69) is 229 Å². The monoisotopic (exact) mass is 771 g/mol. The molecule has 1 nitrogen and oxygen atoms in total. The molecule has 282 valence electrons. The standard InChI is InChI=1S/C60H37N/c1-2-16-41(17-3-1)61-58-29-15-14-27-52(58)56-35-39(31-33-59(56)61)54-36-40(38-30-32-51-47-23-7-5-19-43(47)45-21-8-10-25-49(45)55(51)34-38)37-57-50-26-11-9-22-46(50)42-18-4-6-20-44(42)48-24-12-13-28-53(48)60(54)57/h1-37H. The van der Waals surface area contributed by atoms with E-state index in [0.717, 1.165) is 5.69 Å². The normalized spacial score (nSPS) is 11.9. The quantitative estimate of drug-likeness (QED) is 0.158. The van der Waals surface area contributed by atoms with Gasteiger partial charge in [0, 0.05) is 16.5 Å². The second kappa shape index (κ2) is 13.3. The van der Waals surface area contributed by atoms with Crippen molar-refractivity contribution in [2.75, 3.05) is 0 Å². The molecule has 1 aromatic heterocycles. The van der Waals surface area contributed by atoms with Gasteiger partial charge in [-0.1, -0.05) is 176 Å². The number of fused-ring (bicyclic) bond motifs is 17. The van der Waals surface area contributed by atoms with Crippen molar-refractivity contribution >= 4 is 54.1 Å². The average Bonchev–Trinajstić information content (AvgIpc) is 3.67. The summed E-state index contributed by atoms with van der Waals surface area (Å²) in [5.74, 6) is 0. The summed E-state index contributed by atoms with van der Waals surface area (Å²) in [4.78, 5) is 0. The Hall–Kier alpha value is -8.00. The third-order valence-electron chi connectivity index (χ3n) is 13.1. The largest absolute Gasteiger partial charge is 0.309 e. The molecule has 0 saturated heterocycles. The molecule has 0 N–H and O–H groups in total. The summed E-state index contributed by atoms with van der Waals surface area (Å²) in [6, 6.07) is 83.4. The molecule has 1 aliphatic rings. The second-order valence-corrected chi connectivity index (χ2v) is 16.4. The van der Waals surface area contributed by atoms with E-state index in [1.165, 1.54) is 121 Å². The fraction of sp³-hybridized carbons (Fsp3) is 0. The minimum atomic E-state index is 1.16. The van der Waals surface area contributed by atoms with Crippen molar-refractivity contribution in [3.05, 3.63) is 224 Å². The predicted molar refractivity (Wildman–Crippen MR) is 259 cm³/mol. The van der Waals surface area contributed by atoms with Crippen molar-refractivity contribution in [1.29, 1.82) is 0 Å². The predicted octanol–water partition coefficient (Wildman–Crippen LogP) is 16.6. The molecule has 0 radical (unpaired) electrons. The Bertz CT molecular complexity index is 3720. The zero-order chi connectivity index (χ0) is 40.0. The lowest BCUT2D eigenvalue weighted by molar-refractivity contribution is 1.18. The van der Waals surface area contributed by atoms with Crippen molar-refractivity contribution < 1.29 is 0 Å². The van der Waals surface area contributed by atoms with Gasteiger partial charge in [0.05, 0.1) is 11.0 Å². The topological polar surface area (TPSA) is 4.93 Å². The van der Waals surface area contributed by atoms with Crippen molar-refractivity contribution in [2.45, 2.75) is 0 Å². The van der Waals surface area contributed by atoms with Gasteiger partial charge in [-0.3, -0.25) is 0 Å². The minimum Gasteiger partial charge on any atom is -0.309 e. The Kier molecular flexibility index (Phi) is 7.37. The summed E-state index contributed by atoms with van der Waals surface area (Å²) < 4.78 is 2.40. The lowest BCUT2D eigenvalue weighted by Gasteiger charge is -2.26. The molecule has 1 aliphatic carbocycles. The molecule has 0 saturated carbocycles. The van der Waals surface area contributed by atoms with Crippen LogP contribution in [0.5, 0.6) is 0 Å². The highest BCUT2D eigenvalue weighted by Gasteiger charge is 2.26. The van der Waals surface area contributed by atoms with E-state index >= 15 is 0 Å². The Morgan fingerprint density at radius 2 is 0.639 bits per heavy atom. The van der Waals surface area contributed by atoms with Gasteiger partial charge in [0.1, 0.15) is 0 Å². The lowest BCUT2D eigenvalue weighted by atomic mass is 9.77. The summed E-state index contributed by atoms with van der Waals surface area (Å²) in [7, 11) is 0. The van der Waals surface area contributed by atoms with Crippen LogP contribution in [0, 0.1) is 0 Å². The highest BCUT2D eigenvalue weighted by molar-refractivity contribution is 6.26. The molecule has 1 heterocycles. The van der Waals surface area contributed by atoms with Gasteiger partial charge in [-0.25, -0.2) is 0 Å². The van der Waals surface area contributed by atoms with E-state index in [1.54, 1.807) is 0 Å². The van der Waals surface area contributed by atoms with E-state index in [-0.39, 0.29) is 0 Å².